The van der Waals surface area contributed by atoms with Gasteiger partial charge in [-0.05, 0) is 61.4 Å². The summed E-state index contributed by atoms with van der Waals surface area (Å²) in [4.78, 5) is 24.3. The van der Waals surface area contributed by atoms with Crippen LogP contribution < -0.4 is 20.1 Å². The molecule has 0 fully saturated rings. The number of anilines is 2. The van der Waals surface area contributed by atoms with Gasteiger partial charge in [0.05, 0.1) is 6.61 Å². The maximum Gasteiger partial charge on any atom is 0.245 e. The zero-order valence-corrected chi connectivity index (χ0v) is 20.8. The molecule has 1 unspecified atom stereocenters. The predicted octanol–water partition coefficient (Wildman–Crippen LogP) is 4.23. The number of benzene rings is 3. The van der Waals surface area contributed by atoms with Gasteiger partial charge in [-0.2, -0.15) is 4.72 Å². The van der Waals surface area contributed by atoms with Crippen LogP contribution in [0.4, 0.5) is 11.4 Å². The van der Waals surface area contributed by atoms with E-state index in [0.29, 0.717) is 11.4 Å². The van der Waals surface area contributed by atoms with Crippen molar-refractivity contribution in [1.29, 1.82) is 0 Å². The van der Waals surface area contributed by atoms with E-state index in [1.165, 1.54) is 25.1 Å². The van der Waals surface area contributed by atoms with Crippen LogP contribution in [0.1, 0.15) is 19.4 Å². The summed E-state index contributed by atoms with van der Waals surface area (Å²) in [6, 6.07) is 18.7. The molecule has 0 saturated heterocycles. The molecular formula is C25H26ClN3O5S. The minimum absolute atomic E-state index is 0.112. The highest BCUT2D eigenvalue weighted by molar-refractivity contribution is 7.89. The molecule has 0 aliphatic carbocycles. The first-order chi connectivity index (χ1) is 16.7. The summed E-state index contributed by atoms with van der Waals surface area (Å²) < 4.78 is 34.6. The molecule has 0 aliphatic rings. The van der Waals surface area contributed by atoms with Crippen LogP contribution in [0.2, 0.25) is 5.02 Å². The molecule has 0 radical (unpaired) electrons. The Kier molecular flexibility index (Phi) is 8.86. The van der Waals surface area contributed by atoms with Gasteiger partial charge in [0.25, 0.3) is 0 Å². The lowest BCUT2D eigenvalue weighted by atomic mass is 10.1. The number of ether oxygens (including phenoxy) is 1. The van der Waals surface area contributed by atoms with E-state index in [-0.39, 0.29) is 34.6 Å². The average Bonchev–Trinajstić information content (AvgIpc) is 2.81. The number of hydrogen-bond donors (Lipinski definition) is 3. The fraction of sp³-hybridized carbons (Fsp3) is 0.200. The molecule has 0 heterocycles. The second-order valence-corrected chi connectivity index (χ2v) is 9.75. The van der Waals surface area contributed by atoms with Crippen molar-refractivity contribution in [3.8, 4) is 5.75 Å². The molecular weight excluding hydrogens is 490 g/mol. The molecule has 3 aromatic rings. The van der Waals surface area contributed by atoms with E-state index < -0.39 is 22.0 Å². The predicted molar refractivity (Wildman–Crippen MR) is 136 cm³/mol. The molecule has 184 valence electrons. The normalized spacial score (nSPS) is 12.0. The number of nitrogens with one attached hydrogen (secondary N) is 3. The van der Waals surface area contributed by atoms with E-state index in [4.69, 9.17) is 16.3 Å². The Hall–Kier alpha value is -3.40. The molecule has 0 aromatic heterocycles. The molecule has 3 N–H and O–H groups in total. The summed E-state index contributed by atoms with van der Waals surface area (Å²) in [6.07, 6.45) is 0.112. The quantitative estimate of drug-likeness (QED) is 0.374. The lowest BCUT2D eigenvalue weighted by molar-refractivity contribution is -0.117. The van der Waals surface area contributed by atoms with Gasteiger partial charge in [-0.3, -0.25) is 9.59 Å². The minimum Gasteiger partial charge on any atom is -0.492 e. The lowest BCUT2D eigenvalue weighted by Crippen LogP contribution is -2.45. The molecule has 0 bridgehead atoms. The number of halogens is 1. The van der Waals surface area contributed by atoms with Crippen molar-refractivity contribution in [1.82, 2.24) is 4.72 Å². The summed E-state index contributed by atoms with van der Waals surface area (Å²) in [6.45, 7) is 3.39. The van der Waals surface area contributed by atoms with Gasteiger partial charge in [-0.15, -0.1) is 0 Å². The Bertz CT molecular complexity index is 1280. The average molecular weight is 516 g/mol. The minimum atomic E-state index is -4.18. The van der Waals surface area contributed by atoms with E-state index in [9.17, 15) is 18.0 Å². The number of carbonyl (C=O) groups is 2. The van der Waals surface area contributed by atoms with Crippen LogP contribution in [-0.4, -0.2) is 32.9 Å². The number of carbonyl (C=O) groups excluding carboxylic acids is 2. The van der Waals surface area contributed by atoms with Crippen molar-refractivity contribution in [3.05, 3.63) is 83.4 Å². The number of hydrogen-bond acceptors (Lipinski definition) is 5. The van der Waals surface area contributed by atoms with E-state index in [1.54, 1.807) is 31.2 Å². The summed E-state index contributed by atoms with van der Waals surface area (Å²) >= 11 is 6.05. The highest BCUT2D eigenvalue weighted by atomic mass is 35.5. The molecule has 2 amide bonds. The highest BCUT2D eigenvalue weighted by Crippen LogP contribution is 2.28. The van der Waals surface area contributed by atoms with Gasteiger partial charge >= 0.3 is 0 Å². The van der Waals surface area contributed by atoms with Crippen LogP contribution in [0.5, 0.6) is 5.75 Å². The number of sulfonamides is 1. The Morgan fingerprint density at radius 3 is 2.17 bits per heavy atom. The molecule has 0 saturated carbocycles. The van der Waals surface area contributed by atoms with Crippen LogP contribution in [0.25, 0.3) is 0 Å². The molecule has 35 heavy (non-hydrogen) atoms. The van der Waals surface area contributed by atoms with Crippen LogP contribution in [0, 0.1) is 0 Å². The molecule has 0 spiro atoms. The van der Waals surface area contributed by atoms with E-state index >= 15 is 0 Å². The second-order valence-electron chi connectivity index (χ2n) is 7.64. The van der Waals surface area contributed by atoms with Gasteiger partial charge < -0.3 is 15.4 Å². The fourth-order valence-electron chi connectivity index (χ4n) is 3.32. The largest absolute Gasteiger partial charge is 0.492 e. The Morgan fingerprint density at radius 1 is 0.943 bits per heavy atom. The van der Waals surface area contributed by atoms with Crippen LogP contribution >= 0.6 is 11.6 Å². The monoisotopic (exact) mass is 515 g/mol. The van der Waals surface area contributed by atoms with Crippen molar-refractivity contribution in [3.63, 3.8) is 0 Å². The highest BCUT2D eigenvalue weighted by Gasteiger charge is 2.28. The molecule has 1 atom stereocenters. The van der Waals surface area contributed by atoms with Gasteiger partial charge in [0.1, 0.15) is 16.7 Å². The molecule has 10 heteroatoms. The standard InChI is InChI=1S/C25H26ClN3O5S/c1-3-34-23-14-9-19(26)16-24(23)35(32,33)29-22(15-18-7-5-4-6-8-18)25(31)28-21-12-10-20(11-13-21)27-17(2)30/h4-14,16,22,29H,3,15H2,1-2H3,(H,27,30)(H,28,31). The summed E-state index contributed by atoms with van der Waals surface area (Å²) in [5, 5.41) is 5.60. The number of rotatable bonds is 10. The van der Waals surface area contributed by atoms with Crippen molar-refractivity contribution < 1.29 is 22.7 Å². The lowest BCUT2D eigenvalue weighted by Gasteiger charge is -2.20. The van der Waals surface area contributed by atoms with Gasteiger partial charge in [0.15, 0.2) is 0 Å². The molecule has 0 aliphatic heterocycles. The Morgan fingerprint density at radius 2 is 1.57 bits per heavy atom. The fourth-order valence-corrected chi connectivity index (χ4v) is 4.93. The third-order valence-corrected chi connectivity index (χ3v) is 6.59. The van der Waals surface area contributed by atoms with Crippen molar-refractivity contribution in [2.24, 2.45) is 0 Å². The zero-order valence-electron chi connectivity index (χ0n) is 19.2. The molecule has 3 rings (SSSR count). The number of amides is 2. The zero-order chi connectivity index (χ0) is 25.4. The maximum atomic E-state index is 13.3. The van der Waals surface area contributed by atoms with Crippen LogP contribution in [0.15, 0.2) is 77.7 Å². The van der Waals surface area contributed by atoms with Crippen LogP contribution in [-0.2, 0) is 26.0 Å². The maximum absolute atomic E-state index is 13.3. The van der Waals surface area contributed by atoms with Gasteiger partial charge in [0, 0.05) is 23.3 Å². The van der Waals surface area contributed by atoms with Gasteiger partial charge in [-0.1, -0.05) is 41.9 Å². The van der Waals surface area contributed by atoms with Crippen molar-refractivity contribution >= 4 is 44.8 Å². The second kappa shape index (κ2) is 11.8. The molecule has 3 aromatic carbocycles. The van der Waals surface area contributed by atoms with Gasteiger partial charge in [0.2, 0.25) is 21.8 Å². The van der Waals surface area contributed by atoms with E-state index in [2.05, 4.69) is 15.4 Å². The van der Waals surface area contributed by atoms with Gasteiger partial charge in [-0.25, -0.2) is 8.42 Å². The van der Waals surface area contributed by atoms with Crippen molar-refractivity contribution in [2.45, 2.75) is 31.2 Å². The Labute approximate surface area is 209 Å². The van der Waals surface area contributed by atoms with E-state index in [0.717, 1.165) is 5.56 Å². The smallest absolute Gasteiger partial charge is 0.245 e. The third kappa shape index (κ3) is 7.54. The summed E-state index contributed by atoms with van der Waals surface area (Å²) in [7, 11) is -4.18. The van der Waals surface area contributed by atoms with Crippen LogP contribution in [0.3, 0.4) is 0 Å². The van der Waals surface area contributed by atoms with Crippen molar-refractivity contribution in [2.75, 3.05) is 17.2 Å². The topological polar surface area (TPSA) is 114 Å². The third-order valence-electron chi connectivity index (χ3n) is 4.86. The first-order valence-electron chi connectivity index (χ1n) is 10.8. The van der Waals surface area contributed by atoms with E-state index in [1.807, 2.05) is 30.3 Å². The summed E-state index contributed by atoms with van der Waals surface area (Å²) in [5.41, 5.74) is 1.79. The molecule has 8 nitrogen and oxygen atoms in total. The first-order valence-corrected chi connectivity index (χ1v) is 12.7. The SMILES string of the molecule is CCOc1ccc(Cl)cc1S(=O)(=O)NC(Cc1ccccc1)C(=O)Nc1ccc(NC(C)=O)cc1. The Balaban J connectivity index is 1.88. The first kappa shape index (κ1) is 26.2. The summed E-state index contributed by atoms with van der Waals surface area (Å²) in [5.74, 6) is -0.631.